The first-order valence-corrected chi connectivity index (χ1v) is 6.93. The Hall–Kier alpha value is -1.05. The molecule has 1 atom stereocenters. The van der Waals surface area contributed by atoms with E-state index < -0.39 is 11.6 Å². The van der Waals surface area contributed by atoms with E-state index in [9.17, 15) is 8.78 Å². The highest BCUT2D eigenvalue weighted by Crippen LogP contribution is 2.33. The number of rotatable bonds is 4. The monoisotopic (exact) mass is 287 g/mol. The van der Waals surface area contributed by atoms with Crippen LogP contribution in [0.15, 0.2) is 26.9 Å². The van der Waals surface area contributed by atoms with Gasteiger partial charge in [0.05, 0.1) is 4.90 Å². The Kier molecular flexibility index (Phi) is 4.26. The van der Waals surface area contributed by atoms with Crippen LogP contribution in [0.2, 0.25) is 0 Å². The zero-order valence-electron chi connectivity index (χ0n) is 9.56. The van der Waals surface area contributed by atoms with Crippen molar-refractivity contribution in [2.75, 3.05) is 0 Å². The summed E-state index contributed by atoms with van der Waals surface area (Å²) in [6.07, 6.45) is 0.442. The molecule has 0 bridgehead atoms. The molecule has 2 rings (SSSR count). The topological polar surface area (TPSA) is 51.8 Å². The summed E-state index contributed by atoms with van der Waals surface area (Å²) in [6, 6.07) is 2.50. The highest BCUT2D eigenvalue weighted by Gasteiger charge is 2.14. The number of nitrogens with zero attached hydrogens (tertiary/aromatic N) is 2. The van der Waals surface area contributed by atoms with Gasteiger partial charge in [0.1, 0.15) is 17.1 Å². The molecular formula is C11H11F2N3S2. The molecule has 1 unspecified atom stereocenters. The molecule has 0 amide bonds. The second-order valence-electron chi connectivity index (χ2n) is 3.88. The summed E-state index contributed by atoms with van der Waals surface area (Å²) < 4.78 is 28.1. The van der Waals surface area contributed by atoms with Crippen molar-refractivity contribution in [2.45, 2.75) is 28.6 Å². The molecule has 0 aliphatic rings. The van der Waals surface area contributed by atoms with Crippen LogP contribution in [0.4, 0.5) is 8.78 Å². The quantitative estimate of drug-likeness (QED) is 0.939. The fourth-order valence-corrected chi connectivity index (χ4v) is 2.92. The van der Waals surface area contributed by atoms with Gasteiger partial charge in [0.25, 0.3) is 0 Å². The SMILES string of the molecule is CC(N)Cc1cc(F)c(Sc2nncs2)c(F)c1. The molecule has 0 aliphatic heterocycles. The molecule has 0 saturated carbocycles. The summed E-state index contributed by atoms with van der Waals surface area (Å²) in [4.78, 5) is -0.0554. The molecule has 1 aromatic carbocycles. The van der Waals surface area contributed by atoms with E-state index in [4.69, 9.17) is 5.73 Å². The fourth-order valence-electron chi connectivity index (χ4n) is 1.49. The second-order valence-corrected chi connectivity index (χ2v) is 5.97. The molecule has 18 heavy (non-hydrogen) atoms. The highest BCUT2D eigenvalue weighted by atomic mass is 32.2. The molecule has 3 nitrogen and oxygen atoms in total. The van der Waals surface area contributed by atoms with Crippen molar-refractivity contribution in [1.29, 1.82) is 0 Å². The molecule has 2 aromatic rings. The lowest BCUT2D eigenvalue weighted by Gasteiger charge is -2.08. The number of hydrogen-bond donors (Lipinski definition) is 1. The molecule has 1 aromatic heterocycles. The predicted molar refractivity (Wildman–Crippen MR) is 67.7 cm³/mol. The first-order chi connectivity index (χ1) is 8.56. The minimum atomic E-state index is -0.592. The van der Waals surface area contributed by atoms with E-state index in [0.29, 0.717) is 16.3 Å². The Bertz CT molecular complexity index is 506. The fraction of sp³-hybridized carbons (Fsp3) is 0.273. The highest BCUT2D eigenvalue weighted by molar-refractivity contribution is 8.01. The Labute approximate surface area is 111 Å². The van der Waals surface area contributed by atoms with Gasteiger partial charge in [-0.15, -0.1) is 10.2 Å². The van der Waals surface area contributed by atoms with E-state index in [-0.39, 0.29) is 10.9 Å². The number of benzene rings is 1. The first-order valence-electron chi connectivity index (χ1n) is 5.24. The normalized spacial score (nSPS) is 12.7. The van der Waals surface area contributed by atoms with Crippen molar-refractivity contribution in [2.24, 2.45) is 5.73 Å². The van der Waals surface area contributed by atoms with Crippen LogP contribution in [0.3, 0.4) is 0 Å². The Morgan fingerprint density at radius 1 is 1.39 bits per heavy atom. The van der Waals surface area contributed by atoms with Gasteiger partial charge in [-0.1, -0.05) is 23.1 Å². The average Bonchev–Trinajstić information content (AvgIpc) is 2.75. The summed E-state index contributed by atoms with van der Waals surface area (Å²) in [5, 5.41) is 7.36. The zero-order chi connectivity index (χ0) is 13.1. The Morgan fingerprint density at radius 2 is 2.06 bits per heavy atom. The Balaban J connectivity index is 2.26. The smallest absolute Gasteiger partial charge is 0.179 e. The van der Waals surface area contributed by atoms with Gasteiger partial charge in [0.2, 0.25) is 0 Å². The summed E-state index contributed by atoms with van der Waals surface area (Å²) in [5.41, 5.74) is 7.68. The van der Waals surface area contributed by atoms with Crippen LogP contribution in [0.25, 0.3) is 0 Å². The van der Waals surface area contributed by atoms with Gasteiger partial charge in [-0.05, 0) is 31.0 Å². The molecule has 0 spiro atoms. The van der Waals surface area contributed by atoms with Gasteiger partial charge >= 0.3 is 0 Å². The van der Waals surface area contributed by atoms with Crippen LogP contribution in [0, 0.1) is 11.6 Å². The van der Waals surface area contributed by atoms with Crippen LogP contribution in [-0.2, 0) is 6.42 Å². The lowest BCUT2D eigenvalue weighted by molar-refractivity contribution is 0.535. The zero-order valence-corrected chi connectivity index (χ0v) is 11.2. The van der Waals surface area contributed by atoms with Gasteiger partial charge in [0.15, 0.2) is 4.34 Å². The van der Waals surface area contributed by atoms with E-state index >= 15 is 0 Å². The maximum Gasteiger partial charge on any atom is 0.179 e. The van der Waals surface area contributed by atoms with E-state index in [0.717, 1.165) is 11.8 Å². The van der Waals surface area contributed by atoms with E-state index in [1.807, 2.05) is 0 Å². The molecule has 0 radical (unpaired) electrons. The van der Waals surface area contributed by atoms with Gasteiger partial charge in [-0.25, -0.2) is 8.78 Å². The molecule has 2 N–H and O–H groups in total. The summed E-state index contributed by atoms with van der Waals surface area (Å²) in [7, 11) is 0. The van der Waals surface area contributed by atoms with E-state index in [2.05, 4.69) is 10.2 Å². The molecular weight excluding hydrogens is 276 g/mol. The maximum absolute atomic E-state index is 13.8. The maximum atomic E-state index is 13.8. The summed E-state index contributed by atoms with van der Waals surface area (Å²) in [6.45, 7) is 1.79. The minimum Gasteiger partial charge on any atom is -0.328 e. The predicted octanol–water partition coefficient (Wildman–Crippen LogP) is 2.86. The summed E-state index contributed by atoms with van der Waals surface area (Å²) in [5.74, 6) is -1.18. The number of aromatic nitrogens is 2. The minimum absolute atomic E-state index is 0.0554. The van der Waals surface area contributed by atoms with Crippen molar-refractivity contribution in [1.82, 2.24) is 10.2 Å². The lowest BCUT2D eigenvalue weighted by atomic mass is 10.1. The number of hydrogen-bond acceptors (Lipinski definition) is 5. The third-order valence-electron chi connectivity index (χ3n) is 2.15. The summed E-state index contributed by atoms with van der Waals surface area (Å²) >= 11 is 2.18. The lowest BCUT2D eigenvalue weighted by Crippen LogP contribution is -2.18. The van der Waals surface area contributed by atoms with Crippen LogP contribution < -0.4 is 5.73 Å². The molecule has 0 fully saturated rings. The van der Waals surface area contributed by atoms with Crippen molar-refractivity contribution in [3.63, 3.8) is 0 Å². The van der Waals surface area contributed by atoms with Crippen LogP contribution in [-0.4, -0.2) is 16.2 Å². The molecule has 0 saturated heterocycles. The van der Waals surface area contributed by atoms with Gasteiger partial charge in [-0.2, -0.15) is 0 Å². The third-order valence-corrected chi connectivity index (χ3v) is 4.02. The van der Waals surface area contributed by atoms with Crippen molar-refractivity contribution >= 4 is 23.1 Å². The number of halogens is 2. The van der Waals surface area contributed by atoms with Gasteiger partial charge in [0, 0.05) is 6.04 Å². The first kappa shape index (κ1) is 13.4. The largest absolute Gasteiger partial charge is 0.328 e. The van der Waals surface area contributed by atoms with Gasteiger partial charge < -0.3 is 5.73 Å². The van der Waals surface area contributed by atoms with Crippen LogP contribution in [0.5, 0.6) is 0 Å². The molecule has 1 heterocycles. The second kappa shape index (κ2) is 5.73. The molecule has 96 valence electrons. The van der Waals surface area contributed by atoms with Crippen molar-refractivity contribution in [3.8, 4) is 0 Å². The van der Waals surface area contributed by atoms with Crippen molar-refractivity contribution < 1.29 is 8.78 Å². The van der Waals surface area contributed by atoms with Gasteiger partial charge in [-0.3, -0.25) is 0 Å². The standard InChI is InChI=1S/C11H11F2N3S2/c1-6(14)2-7-3-8(12)10(9(13)4-7)18-11-16-15-5-17-11/h3-6H,2,14H2,1H3. The molecule has 7 heteroatoms. The average molecular weight is 287 g/mol. The number of nitrogens with two attached hydrogens (primary N) is 1. The van der Waals surface area contributed by atoms with Crippen molar-refractivity contribution in [3.05, 3.63) is 34.8 Å². The third kappa shape index (κ3) is 3.24. The van der Waals surface area contributed by atoms with E-state index in [1.165, 1.54) is 29.0 Å². The van der Waals surface area contributed by atoms with Crippen LogP contribution >= 0.6 is 23.1 Å². The Morgan fingerprint density at radius 3 is 2.56 bits per heavy atom. The van der Waals surface area contributed by atoms with E-state index in [1.54, 1.807) is 6.92 Å². The molecule has 0 aliphatic carbocycles. The van der Waals surface area contributed by atoms with Crippen LogP contribution in [0.1, 0.15) is 12.5 Å².